The number of hydrogen-bond acceptors (Lipinski definition) is 3. The van der Waals surface area contributed by atoms with Crippen LogP contribution in [0.5, 0.6) is 0 Å². The van der Waals surface area contributed by atoms with Crippen LogP contribution in [0.4, 0.5) is 4.79 Å². The van der Waals surface area contributed by atoms with E-state index in [-0.39, 0.29) is 6.61 Å². The number of H-pyrrole nitrogens is 1. The van der Waals surface area contributed by atoms with Crippen molar-refractivity contribution in [1.82, 2.24) is 15.5 Å². The first kappa shape index (κ1) is 10.3. The molecule has 0 fully saturated rings. The van der Waals surface area contributed by atoms with E-state index in [1.54, 1.807) is 6.20 Å². The minimum absolute atomic E-state index is 0.218. The highest BCUT2D eigenvalue weighted by atomic mass is 16.5. The third-order valence-corrected chi connectivity index (χ3v) is 1.69. The quantitative estimate of drug-likeness (QED) is 0.708. The molecule has 1 heterocycles. The van der Waals surface area contributed by atoms with Crippen LogP contribution in [0, 0.1) is 6.92 Å². The Morgan fingerprint density at radius 2 is 2.64 bits per heavy atom. The fraction of sp³-hybridized carbons (Fsp3) is 0.333. The number of aryl methyl sites for hydroxylation is 1. The SMILES string of the molecule is C=CCOC(=O)NCc1cn[nH]c1C. The fourth-order valence-electron chi connectivity index (χ4n) is 0.907. The number of aromatic nitrogens is 2. The molecule has 0 aromatic carbocycles. The molecule has 0 saturated heterocycles. The second-order valence-electron chi connectivity index (χ2n) is 2.76. The van der Waals surface area contributed by atoms with Gasteiger partial charge in [0.25, 0.3) is 0 Å². The molecule has 0 bridgehead atoms. The highest BCUT2D eigenvalue weighted by molar-refractivity contribution is 5.67. The number of carbonyl (C=O) groups excluding carboxylic acids is 1. The van der Waals surface area contributed by atoms with Gasteiger partial charge >= 0.3 is 6.09 Å². The Kier molecular flexibility index (Phi) is 3.72. The summed E-state index contributed by atoms with van der Waals surface area (Å²) in [6.45, 7) is 5.96. The summed E-state index contributed by atoms with van der Waals surface area (Å²) in [5, 5.41) is 9.20. The molecule has 0 spiro atoms. The van der Waals surface area contributed by atoms with Crippen molar-refractivity contribution in [2.45, 2.75) is 13.5 Å². The van der Waals surface area contributed by atoms with Gasteiger partial charge in [0.2, 0.25) is 0 Å². The van der Waals surface area contributed by atoms with Crippen LogP contribution in [0.3, 0.4) is 0 Å². The second kappa shape index (κ2) is 5.06. The number of ether oxygens (including phenoxy) is 1. The Labute approximate surface area is 82.2 Å². The predicted molar refractivity (Wildman–Crippen MR) is 51.7 cm³/mol. The summed E-state index contributed by atoms with van der Waals surface area (Å²) in [5.74, 6) is 0. The van der Waals surface area contributed by atoms with E-state index in [1.165, 1.54) is 6.08 Å². The van der Waals surface area contributed by atoms with Crippen molar-refractivity contribution in [2.75, 3.05) is 6.61 Å². The third-order valence-electron chi connectivity index (χ3n) is 1.69. The molecule has 0 radical (unpaired) electrons. The van der Waals surface area contributed by atoms with Gasteiger partial charge < -0.3 is 10.1 Å². The van der Waals surface area contributed by atoms with Gasteiger partial charge in [0.1, 0.15) is 6.61 Å². The number of nitrogens with one attached hydrogen (secondary N) is 2. The van der Waals surface area contributed by atoms with Crippen molar-refractivity contribution >= 4 is 6.09 Å². The Morgan fingerprint density at radius 1 is 1.86 bits per heavy atom. The smallest absolute Gasteiger partial charge is 0.407 e. The van der Waals surface area contributed by atoms with Crippen molar-refractivity contribution < 1.29 is 9.53 Å². The first-order chi connectivity index (χ1) is 6.74. The first-order valence-electron chi connectivity index (χ1n) is 4.24. The summed E-state index contributed by atoms with van der Waals surface area (Å²) in [6.07, 6.45) is 2.73. The minimum Gasteiger partial charge on any atom is -0.445 e. The van der Waals surface area contributed by atoms with Gasteiger partial charge in [-0.3, -0.25) is 5.10 Å². The van der Waals surface area contributed by atoms with E-state index < -0.39 is 6.09 Å². The highest BCUT2D eigenvalue weighted by Crippen LogP contribution is 2.01. The van der Waals surface area contributed by atoms with Crippen molar-refractivity contribution in [3.05, 3.63) is 30.1 Å². The first-order valence-corrected chi connectivity index (χ1v) is 4.24. The number of rotatable bonds is 4. The van der Waals surface area contributed by atoms with Gasteiger partial charge in [-0.15, -0.1) is 0 Å². The Balaban J connectivity index is 2.30. The summed E-state index contributed by atoms with van der Waals surface area (Å²) in [5.41, 5.74) is 1.88. The molecule has 5 nitrogen and oxygen atoms in total. The normalized spacial score (nSPS) is 9.50. The maximum atomic E-state index is 11.0. The maximum Gasteiger partial charge on any atom is 0.407 e. The molecule has 1 rings (SSSR count). The minimum atomic E-state index is -0.453. The largest absolute Gasteiger partial charge is 0.445 e. The molecule has 0 aliphatic heterocycles. The van der Waals surface area contributed by atoms with Gasteiger partial charge in [0.15, 0.2) is 0 Å². The lowest BCUT2D eigenvalue weighted by Crippen LogP contribution is -2.23. The van der Waals surface area contributed by atoms with E-state index in [1.807, 2.05) is 6.92 Å². The second-order valence-corrected chi connectivity index (χ2v) is 2.76. The van der Waals surface area contributed by atoms with Crippen molar-refractivity contribution in [3.8, 4) is 0 Å². The molecule has 76 valence electrons. The molecule has 2 N–H and O–H groups in total. The van der Waals surface area contributed by atoms with Gasteiger partial charge in [-0.05, 0) is 6.92 Å². The van der Waals surface area contributed by atoms with Crippen LogP contribution in [0.15, 0.2) is 18.9 Å². The molecule has 0 saturated carbocycles. The lowest BCUT2D eigenvalue weighted by molar-refractivity contribution is 0.158. The predicted octanol–water partition coefficient (Wildman–Crippen LogP) is 1.13. The zero-order chi connectivity index (χ0) is 10.4. The van der Waals surface area contributed by atoms with E-state index in [0.717, 1.165) is 11.3 Å². The Hall–Kier alpha value is -1.78. The molecule has 1 aromatic heterocycles. The summed E-state index contributed by atoms with van der Waals surface area (Å²) in [7, 11) is 0. The van der Waals surface area contributed by atoms with Gasteiger partial charge in [-0.1, -0.05) is 12.7 Å². The molecule has 0 aliphatic carbocycles. The van der Waals surface area contributed by atoms with Gasteiger partial charge in [-0.2, -0.15) is 5.10 Å². The fourth-order valence-corrected chi connectivity index (χ4v) is 0.907. The number of nitrogens with zero attached hydrogens (tertiary/aromatic N) is 1. The molecule has 0 atom stereocenters. The molecular formula is C9H13N3O2. The zero-order valence-electron chi connectivity index (χ0n) is 8.04. The highest BCUT2D eigenvalue weighted by Gasteiger charge is 2.03. The van der Waals surface area contributed by atoms with Gasteiger partial charge in [0.05, 0.1) is 6.20 Å². The average Bonchev–Trinajstić information content (AvgIpc) is 2.58. The summed E-state index contributed by atoms with van der Waals surface area (Å²) >= 11 is 0. The van der Waals surface area contributed by atoms with E-state index in [0.29, 0.717) is 6.54 Å². The lowest BCUT2D eigenvalue weighted by atomic mass is 10.3. The summed E-state index contributed by atoms with van der Waals surface area (Å²) in [6, 6.07) is 0. The van der Waals surface area contributed by atoms with E-state index in [9.17, 15) is 4.79 Å². The third kappa shape index (κ3) is 2.93. The standard InChI is InChI=1S/C9H13N3O2/c1-3-4-14-9(13)10-5-8-6-11-12-7(8)2/h3,6H,1,4-5H2,2H3,(H,10,13)(H,11,12). The van der Waals surface area contributed by atoms with Crippen LogP contribution in [0.25, 0.3) is 0 Å². The van der Waals surface area contributed by atoms with Crippen molar-refractivity contribution in [1.29, 1.82) is 0 Å². The van der Waals surface area contributed by atoms with Crippen LogP contribution >= 0.6 is 0 Å². The Bertz CT molecular complexity index is 320. The van der Waals surface area contributed by atoms with E-state index in [4.69, 9.17) is 4.74 Å². The van der Waals surface area contributed by atoms with E-state index >= 15 is 0 Å². The maximum absolute atomic E-state index is 11.0. The van der Waals surface area contributed by atoms with Crippen molar-refractivity contribution in [2.24, 2.45) is 0 Å². The molecular weight excluding hydrogens is 182 g/mol. The zero-order valence-corrected chi connectivity index (χ0v) is 8.04. The Morgan fingerprint density at radius 3 is 3.21 bits per heavy atom. The van der Waals surface area contributed by atoms with Crippen LogP contribution in [0.1, 0.15) is 11.3 Å². The molecule has 0 unspecified atom stereocenters. The topological polar surface area (TPSA) is 67.0 Å². The number of carbonyl (C=O) groups is 1. The molecule has 1 amide bonds. The number of aromatic amines is 1. The van der Waals surface area contributed by atoms with Crippen molar-refractivity contribution in [3.63, 3.8) is 0 Å². The molecule has 5 heteroatoms. The number of alkyl carbamates (subject to hydrolysis) is 1. The number of hydrogen-bond donors (Lipinski definition) is 2. The van der Waals surface area contributed by atoms with Crippen LogP contribution < -0.4 is 5.32 Å². The lowest BCUT2D eigenvalue weighted by Gasteiger charge is -2.03. The molecule has 1 aromatic rings. The molecule has 14 heavy (non-hydrogen) atoms. The molecule has 0 aliphatic rings. The summed E-state index contributed by atoms with van der Waals surface area (Å²) < 4.78 is 4.73. The van der Waals surface area contributed by atoms with Gasteiger partial charge in [0, 0.05) is 17.8 Å². The van der Waals surface area contributed by atoms with Crippen LogP contribution in [-0.2, 0) is 11.3 Å². The summed E-state index contributed by atoms with van der Waals surface area (Å²) in [4.78, 5) is 11.0. The monoisotopic (exact) mass is 195 g/mol. The van der Waals surface area contributed by atoms with Crippen LogP contribution in [-0.4, -0.2) is 22.9 Å². The van der Waals surface area contributed by atoms with Crippen LogP contribution in [0.2, 0.25) is 0 Å². The number of amides is 1. The van der Waals surface area contributed by atoms with Gasteiger partial charge in [-0.25, -0.2) is 4.79 Å². The van der Waals surface area contributed by atoms with E-state index in [2.05, 4.69) is 22.1 Å². The average molecular weight is 195 g/mol.